The summed E-state index contributed by atoms with van der Waals surface area (Å²) < 4.78 is 0.440. The van der Waals surface area contributed by atoms with Crippen LogP contribution in [-0.4, -0.2) is 15.0 Å². The standard InChI is InChI=1S/C14H18Se/c1-3-12-10-7-11-14(12,15-2)13-8-5-4-6-9-13/h3-6,8-9,12H,1,7,10-11H2,2H3/t12?,14-/m0/s1. The predicted octanol–water partition coefficient (Wildman–Crippen LogP) is 3.62. The maximum absolute atomic E-state index is 4.02. The molecule has 0 amide bonds. The molecule has 2 atom stereocenters. The van der Waals surface area contributed by atoms with Gasteiger partial charge in [0.2, 0.25) is 0 Å². The first-order chi connectivity index (χ1) is 7.33. The van der Waals surface area contributed by atoms with Crippen LogP contribution < -0.4 is 0 Å². The summed E-state index contributed by atoms with van der Waals surface area (Å²) in [5, 5.41) is 0. The van der Waals surface area contributed by atoms with E-state index >= 15 is 0 Å². The third-order valence-corrected chi connectivity index (χ3v) is 6.66. The minimum absolute atomic E-state index is 0.440. The van der Waals surface area contributed by atoms with Gasteiger partial charge in [-0.1, -0.05) is 0 Å². The molecule has 0 saturated heterocycles. The zero-order valence-electron chi connectivity index (χ0n) is 9.28. The summed E-state index contributed by atoms with van der Waals surface area (Å²) in [6.07, 6.45) is 6.23. The summed E-state index contributed by atoms with van der Waals surface area (Å²) in [5.74, 6) is 3.08. The summed E-state index contributed by atoms with van der Waals surface area (Å²) in [5.41, 5.74) is 1.54. The van der Waals surface area contributed by atoms with Crippen LogP contribution in [-0.2, 0) is 4.31 Å². The van der Waals surface area contributed by atoms with Crippen molar-refractivity contribution in [2.24, 2.45) is 5.92 Å². The Balaban J connectivity index is 2.41. The van der Waals surface area contributed by atoms with Crippen LogP contribution in [0.3, 0.4) is 0 Å². The molecule has 2 rings (SSSR count). The first kappa shape index (κ1) is 11.0. The van der Waals surface area contributed by atoms with Crippen molar-refractivity contribution in [3.05, 3.63) is 48.6 Å². The second-order valence-electron chi connectivity index (χ2n) is 4.19. The molecule has 1 saturated carbocycles. The molecule has 1 aliphatic carbocycles. The number of hydrogen-bond donors (Lipinski definition) is 0. The van der Waals surface area contributed by atoms with Gasteiger partial charge in [-0.05, 0) is 0 Å². The van der Waals surface area contributed by atoms with Gasteiger partial charge in [-0.2, -0.15) is 0 Å². The average molecular weight is 265 g/mol. The van der Waals surface area contributed by atoms with Crippen molar-refractivity contribution in [2.45, 2.75) is 29.4 Å². The molecule has 1 unspecified atom stereocenters. The molecule has 1 fully saturated rings. The van der Waals surface area contributed by atoms with E-state index in [1.54, 1.807) is 0 Å². The molecule has 0 spiro atoms. The van der Waals surface area contributed by atoms with Gasteiger partial charge >= 0.3 is 98.8 Å². The molecule has 0 aromatic heterocycles. The van der Waals surface area contributed by atoms with Crippen molar-refractivity contribution >= 4 is 15.0 Å². The molecule has 1 heteroatoms. The normalized spacial score (nSPS) is 30.3. The third kappa shape index (κ3) is 1.79. The molecular formula is C14H18Se. The van der Waals surface area contributed by atoms with Gasteiger partial charge in [0.1, 0.15) is 0 Å². The summed E-state index contributed by atoms with van der Waals surface area (Å²) in [4.78, 5) is 0. The van der Waals surface area contributed by atoms with Crippen LogP contribution in [0.2, 0.25) is 5.82 Å². The van der Waals surface area contributed by atoms with Crippen molar-refractivity contribution < 1.29 is 0 Å². The first-order valence-electron chi connectivity index (χ1n) is 5.57. The van der Waals surface area contributed by atoms with Gasteiger partial charge in [-0.15, -0.1) is 0 Å². The second kappa shape index (κ2) is 4.55. The number of allylic oxidation sites excluding steroid dienone is 1. The van der Waals surface area contributed by atoms with Crippen molar-refractivity contribution in [3.8, 4) is 0 Å². The third-order valence-electron chi connectivity index (χ3n) is 3.57. The van der Waals surface area contributed by atoms with E-state index < -0.39 is 0 Å². The quantitative estimate of drug-likeness (QED) is 0.578. The van der Waals surface area contributed by atoms with Crippen LogP contribution in [0, 0.1) is 5.92 Å². The molecular weight excluding hydrogens is 247 g/mol. The SMILES string of the molecule is C=CC1CCC[C@@]1([Se]C)c1ccccc1. The Bertz CT molecular complexity index is 330. The molecule has 15 heavy (non-hydrogen) atoms. The Hall–Kier alpha value is -0.521. The maximum atomic E-state index is 4.02. The van der Waals surface area contributed by atoms with Crippen molar-refractivity contribution in [3.63, 3.8) is 0 Å². The van der Waals surface area contributed by atoms with Crippen LogP contribution in [0.15, 0.2) is 43.0 Å². The summed E-state index contributed by atoms with van der Waals surface area (Å²) in [6.45, 7) is 4.02. The minimum atomic E-state index is 0.440. The molecule has 0 aliphatic heterocycles. The number of hydrogen-bond acceptors (Lipinski definition) is 0. The van der Waals surface area contributed by atoms with Gasteiger partial charge in [0.25, 0.3) is 0 Å². The van der Waals surface area contributed by atoms with E-state index in [9.17, 15) is 0 Å². The fourth-order valence-corrected chi connectivity index (χ4v) is 5.36. The van der Waals surface area contributed by atoms with Crippen LogP contribution in [0.5, 0.6) is 0 Å². The molecule has 1 aliphatic rings. The van der Waals surface area contributed by atoms with E-state index in [4.69, 9.17) is 0 Å². The number of rotatable bonds is 3. The fourth-order valence-electron chi connectivity index (χ4n) is 2.76. The fraction of sp³-hybridized carbons (Fsp3) is 0.429. The van der Waals surface area contributed by atoms with Gasteiger partial charge in [0, 0.05) is 0 Å². The Morgan fingerprint density at radius 1 is 1.40 bits per heavy atom. The monoisotopic (exact) mass is 266 g/mol. The van der Waals surface area contributed by atoms with E-state index in [2.05, 4.69) is 48.8 Å². The molecule has 0 bridgehead atoms. The molecule has 80 valence electrons. The van der Waals surface area contributed by atoms with Gasteiger partial charge in [0.05, 0.1) is 0 Å². The van der Waals surface area contributed by atoms with E-state index in [-0.39, 0.29) is 0 Å². The zero-order valence-corrected chi connectivity index (χ0v) is 11.0. The first-order valence-corrected chi connectivity index (χ1v) is 8.13. The predicted molar refractivity (Wildman–Crippen MR) is 67.3 cm³/mol. The Morgan fingerprint density at radius 3 is 2.73 bits per heavy atom. The molecule has 0 radical (unpaired) electrons. The Kier molecular flexibility index (Phi) is 3.33. The van der Waals surface area contributed by atoms with Crippen LogP contribution in [0.25, 0.3) is 0 Å². The molecule has 0 N–H and O–H groups in total. The Morgan fingerprint density at radius 2 is 2.13 bits per heavy atom. The van der Waals surface area contributed by atoms with Gasteiger partial charge in [-0.3, -0.25) is 0 Å². The average Bonchev–Trinajstić information content (AvgIpc) is 2.74. The molecule has 0 heterocycles. The molecule has 0 nitrogen and oxygen atoms in total. The van der Waals surface area contributed by atoms with Crippen LogP contribution in [0.1, 0.15) is 24.8 Å². The van der Waals surface area contributed by atoms with Crippen LogP contribution >= 0.6 is 0 Å². The summed E-state index contributed by atoms with van der Waals surface area (Å²) in [6, 6.07) is 11.0. The van der Waals surface area contributed by atoms with Crippen molar-refractivity contribution in [1.29, 1.82) is 0 Å². The molecule has 1 aromatic carbocycles. The van der Waals surface area contributed by atoms with E-state index in [1.807, 2.05) is 0 Å². The van der Waals surface area contributed by atoms with E-state index in [0.717, 1.165) is 0 Å². The summed E-state index contributed by atoms with van der Waals surface area (Å²) in [7, 11) is 0. The van der Waals surface area contributed by atoms with Crippen molar-refractivity contribution in [1.82, 2.24) is 0 Å². The van der Waals surface area contributed by atoms with E-state index in [1.165, 1.54) is 24.8 Å². The number of benzene rings is 1. The van der Waals surface area contributed by atoms with E-state index in [0.29, 0.717) is 25.2 Å². The van der Waals surface area contributed by atoms with Crippen molar-refractivity contribution in [2.75, 3.05) is 0 Å². The zero-order chi connectivity index (χ0) is 10.7. The van der Waals surface area contributed by atoms with Gasteiger partial charge < -0.3 is 0 Å². The summed E-state index contributed by atoms with van der Waals surface area (Å²) >= 11 is 0.656. The second-order valence-corrected chi connectivity index (χ2v) is 6.58. The van der Waals surface area contributed by atoms with Gasteiger partial charge in [0.15, 0.2) is 0 Å². The van der Waals surface area contributed by atoms with Crippen LogP contribution in [0.4, 0.5) is 0 Å². The Labute approximate surface area is 98.9 Å². The topological polar surface area (TPSA) is 0 Å². The van der Waals surface area contributed by atoms with Gasteiger partial charge in [-0.25, -0.2) is 0 Å². The molecule has 1 aromatic rings.